The van der Waals surface area contributed by atoms with E-state index in [2.05, 4.69) is 10.2 Å². The van der Waals surface area contributed by atoms with Crippen molar-refractivity contribution in [2.75, 3.05) is 13.6 Å². The van der Waals surface area contributed by atoms with Crippen molar-refractivity contribution in [3.8, 4) is 0 Å². The van der Waals surface area contributed by atoms with Crippen LogP contribution in [0.4, 0.5) is 0 Å². The molecule has 0 aromatic carbocycles. The quantitative estimate of drug-likeness (QED) is 0.789. The number of carbonyl (C=O) groups is 1. The van der Waals surface area contributed by atoms with Crippen LogP contribution in [0.1, 0.15) is 12.5 Å². The molecule has 0 fully saturated rings. The third-order valence-corrected chi connectivity index (χ3v) is 3.31. The number of aryl methyl sites for hydroxylation is 1. The Kier molecular flexibility index (Phi) is 4.55. The topological polar surface area (TPSA) is 56.0 Å². The number of aromatic nitrogens is 4. The minimum atomic E-state index is -0.0752. The molecule has 20 heavy (non-hydrogen) atoms. The van der Waals surface area contributed by atoms with Crippen LogP contribution in [-0.4, -0.2) is 44.0 Å². The lowest BCUT2D eigenvalue weighted by Gasteiger charge is -2.21. The van der Waals surface area contributed by atoms with Crippen molar-refractivity contribution in [2.45, 2.75) is 19.9 Å². The van der Waals surface area contributed by atoms with Crippen LogP contribution < -0.4 is 0 Å². The molecule has 0 N–H and O–H groups in total. The summed E-state index contributed by atoms with van der Waals surface area (Å²) in [4.78, 5) is 14.0. The van der Waals surface area contributed by atoms with Gasteiger partial charge < -0.3 is 4.90 Å². The van der Waals surface area contributed by atoms with Crippen molar-refractivity contribution in [1.29, 1.82) is 0 Å². The Morgan fingerprint density at radius 3 is 2.85 bits per heavy atom. The maximum absolute atomic E-state index is 12.3. The highest BCUT2D eigenvalue weighted by Crippen LogP contribution is 2.06. The summed E-state index contributed by atoms with van der Waals surface area (Å²) in [5, 5.41) is 8.26. The summed E-state index contributed by atoms with van der Waals surface area (Å²) in [7, 11) is 3.74. The van der Waals surface area contributed by atoms with E-state index in [1.165, 1.54) is 0 Å². The zero-order valence-electron chi connectivity index (χ0n) is 12.2. The first-order valence-electron chi connectivity index (χ1n) is 6.76. The molecule has 108 valence electrons. The third-order valence-electron chi connectivity index (χ3n) is 3.31. The van der Waals surface area contributed by atoms with Crippen LogP contribution in [0.2, 0.25) is 0 Å². The Morgan fingerprint density at radius 1 is 1.45 bits per heavy atom. The van der Waals surface area contributed by atoms with E-state index < -0.39 is 0 Å². The van der Waals surface area contributed by atoms with Crippen molar-refractivity contribution in [2.24, 2.45) is 13.0 Å². The van der Waals surface area contributed by atoms with E-state index in [4.69, 9.17) is 0 Å². The lowest BCUT2D eigenvalue weighted by Crippen LogP contribution is -2.35. The van der Waals surface area contributed by atoms with Crippen molar-refractivity contribution in [1.82, 2.24) is 24.5 Å². The highest BCUT2D eigenvalue weighted by Gasteiger charge is 2.18. The van der Waals surface area contributed by atoms with Crippen LogP contribution in [0.5, 0.6) is 0 Å². The van der Waals surface area contributed by atoms with Gasteiger partial charge in [-0.1, -0.05) is 6.92 Å². The molecule has 6 heteroatoms. The summed E-state index contributed by atoms with van der Waals surface area (Å²) in [6.07, 6.45) is 8.24. The molecular formula is C14H21N5O. The fraction of sp³-hybridized carbons (Fsp3) is 0.500. The predicted octanol–water partition coefficient (Wildman–Crippen LogP) is 0.954. The number of likely N-dealkylation sites (N-methyl/N-ethyl adjacent to an activating group) is 1. The number of amides is 1. The summed E-state index contributed by atoms with van der Waals surface area (Å²) < 4.78 is 3.56. The van der Waals surface area contributed by atoms with Crippen LogP contribution in [0, 0.1) is 5.92 Å². The average Bonchev–Trinajstić information content (AvgIpc) is 3.06. The Balaban J connectivity index is 1.81. The van der Waals surface area contributed by atoms with Gasteiger partial charge in [0.15, 0.2) is 0 Å². The second-order valence-electron chi connectivity index (χ2n) is 5.16. The Morgan fingerprint density at radius 2 is 2.25 bits per heavy atom. The number of rotatable bonds is 6. The molecule has 2 aromatic heterocycles. The largest absolute Gasteiger partial charge is 0.345 e. The van der Waals surface area contributed by atoms with Gasteiger partial charge in [0, 0.05) is 39.2 Å². The predicted molar refractivity (Wildman–Crippen MR) is 75.9 cm³/mol. The van der Waals surface area contributed by atoms with Crippen LogP contribution >= 0.6 is 0 Å². The van der Waals surface area contributed by atoms with Gasteiger partial charge in [-0.25, -0.2) is 0 Å². The highest BCUT2D eigenvalue weighted by molar-refractivity contribution is 5.78. The number of hydrogen-bond acceptors (Lipinski definition) is 3. The van der Waals surface area contributed by atoms with E-state index in [0.29, 0.717) is 13.1 Å². The van der Waals surface area contributed by atoms with Gasteiger partial charge in [-0.2, -0.15) is 10.2 Å². The van der Waals surface area contributed by atoms with Crippen LogP contribution in [0.3, 0.4) is 0 Å². The first-order chi connectivity index (χ1) is 9.56. The van der Waals surface area contributed by atoms with E-state index in [1.54, 1.807) is 20.5 Å². The number of hydrogen-bond donors (Lipinski definition) is 0. The van der Waals surface area contributed by atoms with Gasteiger partial charge in [0.05, 0.1) is 18.7 Å². The Hall–Kier alpha value is -2.11. The van der Waals surface area contributed by atoms with Crippen LogP contribution in [0.15, 0.2) is 30.9 Å². The molecule has 0 saturated carbocycles. The lowest BCUT2D eigenvalue weighted by molar-refractivity contribution is -0.134. The minimum absolute atomic E-state index is 0.0752. The van der Waals surface area contributed by atoms with Crippen LogP contribution in [0.25, 0.3) is 0 Å². The summed E-state index contributed by atoms with van der Waals surface area (Å²) in [6, 6.07) is 1.86. The second-order valence-corrected chi connectivity index (χ2v) is 5.16. The SMILES string of the molecule is C[C@H](Cn1cccn1)C(=O)N(C)CCc1cnn(C)c1. The van der Waals surface area contributed by atoms with Crippen molar-refractivity contribution in [3.05, 3.63) is 36.4 Å². The van der Waals surface area contributed by atoms with Gasteiger partial charge in [0.1, 0.15) is 0 Å². The molecule has 0 aliphatic heterocycles. The summed E-state index contributed by atoms with van der Waals surface area (Å²) >= 11 is 0. The molecular weight excluding hydrogens is 254 g/mol. The fourth-order valence-corrected chi connectivity index (χ4v) is 2.15. The molecule has 2 rings (SSSR count). The molecule has 1 amide bonds. The molecule has 0 radical (unpaired) electrons. The molecule has 0 aliphatic carbocycles. The number of nitrogens with zero attached hydrogens (tertiary/aromatic N) is 5. The normalized spacial score (nSPS) is 12.3. The molecule has 0 bridgehead atoms. The van der Waals surface area contributed by atoms with E-state index in [-0.39, 0.29) is 11.8 Å². The average molecular weight is 275 g/mol. The monoisotopic (exact) mass is 275 g/mol. The van der Waals surface area contributed by atoms with Gasteiger partial charge in [-0.05, 0) is 18.1 Å². The van der Waals surface area contributed by atoms with Crippen LogP contribution in [-0.2, 0) is 24.8 Å². The highest BCUT2D eigenvalue weighted by atomic mass is 16.2. The molecule has 2 aromatic rings. The molecule has 2 heterocycles. The molecule has 6 nitrogen and oxygen atoms in total. The van der Waals surface area contributed by atoms with Crippen molar-refractivity contribution < 1.29 is 4.79 Å². The maximum Gasteiger partial charge on any atom is 0.227 e. The molecule has 0 spiro atoms. The van der Waals surface area contributed by atoms with E-state index >= 15 is 0 Å². The molecule has 0 saturated heterocycles. The van der Waals surface area contributed by atoms with E-state index in [9.17, 15) is 4.79 Å². The first-order valence-corrected chi connectivity index (χ1v) is 6.76. The van der Waals surface area contributed by atoms with Gasteiger partial charge in [-0.15, -0.1) is 0 Å². The smallest absolute Gasteiger partial charge is 0.227 e. The summed E-state index contributed by atoms with van der Waals surface area (Å²) in [5.74, 6) is 0.0678. The molecule has 1 atom stereocenters. The summed E-state index contributed by atoms with van der Waals surface area (Å²) in [6.45, 7) is 3.25. The standard InChI is InChI=1S/C14H21N5O/c1-12(10-19-7-4-6-15-19)14(20)17(2)8-5-13-9-16-18(3)11-13/h4,6-7,9,11-12H,5,8,10H2,1-3H3/t12-/m1/s1. The summed E-state index contributed by atoms with van der Waals surface area (Å²) in [5.41, 5.74) is 1.15. The van der Waals surface area contributed by atoms with Gasteiger partial charge in [0.2, 0.25) is 5.91 Å². The van der Waals surface area contributed by atoms with E-state index in [1.807, 2.05) is 45.7 Å². The zero-order chi connectivity index (χ0) is 14.5. The lowest BCUT2D eigenvalue weighted by atomic mass is 10.1. The Bertz CT molecular complexity index is 546. The minimum Gasteiger partial charge on any atom is -0.345 e. The molecule has 0 unspecified atom stereocenters. The van der Waals surface area contributed by atoms with Gasteiger partial charge >= 0.3 is 0 Å². The van der Waals surface area contributed by atoms with Gasteiger partial charge in [0.25, 0.3) is 0 Å². The van der Waals surface area contributed by atoms with Crippen molar-refractivity contribution >= 4 is 5.91 Å². The fourth-order valence-electron chi connectivity index (χ4n) is 2.15. The third kappa shape index (κ3) is 3.69. The Labute approximate surface area is 119 Å². The van der Waals surface area contributed by atoms with Crippen molar-refractivity contribution in [3.63, 3.8) is 0 Å². The molecule has 0 aliphatic rings. The maximum atomic E-state index is 12.3. The van der Waals surface area contributed by atoms with Gasteiger partial charge in [-0.3, -0.25) is 14.2 Å². The second kappa shape index (κ2) is 6.36. The zero-order valence-corrected chi connectivity index (χ0v) is 12.2. The first kappa shape index (κ1) is 14.3. The van der Waals surface area contributed by atoms with E-state index in [0.717, 1.165) is 12.0 Å². The number of carbonyl (C=O) groups excluding carboxylic acids is 1.